The first kappa shape index (κ1) is 17.8. The van der Waals surface area contributed by atoms with Gasteiger partial charge in [0.2, 0.25) is 0 Å². The highest BCUT2D eigenvalue weighted by atomic mass is 16.5. The van der Waals surface area contributed by atoms with Gasteiger partial charge in [0.05, 0.1) is 24.6 Å². The number of hydrogen-bond donors (Lipinski definition) is 0. The van der Waals surface area contributed by atoms with Crippen molar-refractivity contribution in [3.8, 4) is 5.75 Å². The smallest absolute Gasteiger partial charge is 0.123 e. The molecular formula is C21H27N5O. The fraction of sp³-hybridized carbons (Fsp3) is 0.429. The largest absolute Gasteiger partial charge is 0.491 e. The fourth-order valence-corrected chi connectivity index (χ4v) is 3.87. The summed E-state index contributed by atoms with van der Waals surface area (Å²) in [5.41, 5.74) is 3.60. The second kappa shape index (κ2) is 7.96. The zero-order chi connectivity index (χ0) is 18.6. The maximum absolute atomic E-state index is 6.06. The monoisotopic (exact) mass is 365 g/mol. The Morgan fingerprint density at radius 3 is 2.89 bits per heavy atom. The van der Waals surface area contributed by atoms with Crippen molar-refractivity contribution < 1.29 is 4.74 Å². The third-order valence-electron chi connectivity index (χ3n) is 5.17. The lowest BCUT2D eigenvalue weighted by atomic mass is 10.2. The number of aromatic nitrogens is 4. The van der Waals surface area contributed by atoms with Gasteiger partial charge in [-0.1, -0.05) is 18.2 Å². The van der Waals surface area contributed by atoms with Crippen molar-refractivity contribution in [2.45, 2.75) is 39.4 Å². The molecule has 1 saturated heterocycles. The Kier molecular flexibility index (Phi) is 5.25. The predicted octanol–water partition coefficient (Wildman–Crippen LogP) is 3.22. The van der Waals surface area contributed by atoms with Crippen LogP contribution in [0.2, 0.25) is 0 Å². The minimum Gasteiger partial charge on any atom is -0.491 e. The Morgan fingerprint density at radius 1 is 1.22 bits per heavy atom. The number of ether oxygens (including phenoxy) is 1. The Bertz CT molecular complexity index is 871. The number of para-hydroxylation sites is 1. The lowest BCUT2D eigenvalue weighted by Gasteiger charge is -2.19. The van der Waals surface area contributed by atoms with Gasteiger partial charge in [-0.05, 0) is 32.4 Å². The Balaban J connectivity index is 1.36. The normalized spacial score (nSPS) is 17.5. The van der Waals surface area contributed by atoms with E-state index >= 15 is 0 Å². The van der Waals surface area contributed by atoms with Crippen LogP contribution in [-0.2, 0) is 13.1 Å². The molecule has 6 nitrogen and oxygen atoms in total. The number of aryl methyl sites for hydroxylation is 2. The van der Waals surface area contributed by atoms with Crippen LogP contribution < -0.4 is 4.74 Å². The molecule has 1 aliphatic rings. The van der Waals surface area contributed by atoms with Gasteiger partial charge < -0.3 is 9.30 Å². The van der Waals surface area contributed by atoms with Crippen LogP contribution in [0.4, 0.5) is 0 Å². The molecule has 1 atom stereocenters. The number of rotatable bonds is 7. The standard InChI is InChI=1S/C21H27N5O/c1-17-13-18(2)26(23-17)20-7-9-25(15-20)14-19-5-3-4-6-21(19)27-12-11-24-10-8-22-16-24/h3-6,8,10,13,16,20H,7,9,11-12,14-15H2,1-2H3/t20-/m0/s1. The molecule has 0 aliphatic carbocycles. The van der Waals surface area contributed by atoms with Crippen molar-refractivity contribution in [2.75, 3.05) is 19.7 Å². The molecule has 3 aromatic rings. The van der Waals surface area contributed by atoms with Gasteiger partial charge in [0.15, 0.2) is 0 Å². The molecule has 3 heterocycles. The van der Waals surface area contributed by atoms with E-state index in [0.29, 0.717) is 12.6 Å². The Hall–Kier alpha value is -2.60. The quantitative estimate of drug-likeness (QED) is 0.645. The Morgan fingerprint density at radius 2 is 2.11 bits per heavy atom. The molecule has 0 spiro atoms. The summed E-state index contributed by atoms with van der Waals surface area (Å²) in [6, 6.07) is 11.0. The van der Waals surface area contributed by atoms with E-state index in [0.717, 1.165) is 44.0 Å². The van der Waals surface area contributed by atoms with Gasteiger partial charge in [0.25, 0.3) is 0 Å². The topological polar surface area (TPSA) is 48.1 Å². The van der Waals surface area contributed by atoms with Gasteiger partial charge in [-0.25, -0.2) is 4.98 Å². The first-order chi connectivity index (χ1) is 13.2. The maximum atomic E-state index is 6.06. The molecule has 1 aliphatic heterocycles. The molecule has 0 bridgehead atoms. The van der Waals surface area contributed by atoms with E-state index in [2.05, 4.69) is 57.8 Å². The molecule has 0 saturated carbocycles. The predicted molar refractivity (Wildman–Crippen MR) is 105 cm³/mol. The fourth-order valence-electron chi connectivity index (χ4n) is 3.87. The number of nitrogens with zero attached hydrogens (tertiary/aromatic N) is 5. The van der Waals surface area contributed by atoms with Crippen molar-refractivity contribution in [1.82, 2.24) is 24.2 Å². The van der Waals surface area contributed by atoms with Crippen LogP contribution in [0.25, 0.3) is 0 Å². The van der Waals surface area contributed by atoms with E-state index in [1.807, 2.05) is 23.2 Å². The zero-order valence-corrected chi connectivity index (χ0v) is 16.1. The lowest BCUT2D eigenvalue weighted by Crippen LogP contribution is -2.22. The van der Waals surface area contributed by atoms with Crippen LogP contribution in [0.3, 0.4) is 0 Å². The molecule has 0 N–H and O–H groups in total. The molecule has 0 radical (unpaired) electrons. The number of imidazole rings is 1. The van der Waals surface area contributed by atoms with Crippen LogP contribution in [0.1, 0.15) is 29.4 Å². The highest BCUT2D eigenvalue weighted by Gasteiger charge is 2.26. The van der Waals surface area contributed by atoms with Gasteiger partial charge in [-0.3, -0.25) is 9.58 Å². The number of benzene rings is 1. The molecule has 0 unspecified atom stereocenters. The molecule has 2 aromatic heterocycles. The highest BCUT2D eigenvalue weighted by molar-refractivity contribution is 5.33. The molecule has 27 heavy (non-hydrogen) atoms. The second-order valence-electron chi connectivity index (χ2n) is 7.31. The SMILES string of the molecule is Cc1cc(C)n([C@H]2CCN(Cc3ccccc3OCCn3ccnc3)C2)n1. The van der Waals surface area contributed by atoms with Crippen molar-refractivity contribution >= 4 is 0 Å². The summed E-state index contributed by atoms with van der Waals surface area (Å²) in [4.78, 5) is 6.57. The summed E-state index contributed by atoms with van der Waals surface area (Å²) in [7, 11) is 0. The van der Waals surface area contributed by atoms with E-state index in [1.54, 1.807) is 6.20 Å². The van der Waals surface area contributed by atoms with Crippen LogP contribution in [-0.4, -0.2) is 43.9 Å². The summed E-state index contributed by atoms with van der Waals surface area (Å²) in [6.07, 6.45) is 6.71. The molecule has 6 heteroatoms. The van der Waals surface area contributed by atoms with Crippen LogP contribution in [0.5, 0.6) is 5.75 Å². The summed E-state index contributed by atoms with van der Waals surface area (Å²) >= 11 is 0. The van der Waals surface area contributed by atoms with E-state index in [1.165, 1.54) is 11.3 Å². The van der Waals surface area contributed by atoms with Gasteiger partial charge in [-0.2, -0.15) is 5.10 Å². The number of likely N-dealkylation sites (tertiary alicyclic amines) is 1. The third kappa shape index (κ3) is 4.22. The van der Waals surface area contributed by atoms with E-state index in [9.17, 15) is 0 Å². The molecule has 0 amide bonds. The maximum Gasteiger partial charge on any atom is 0.123 e. The summed E-state index contributed by atoms with van der Waals surface area (Å²) in [5.74, 6) is 0.979. The summed E-state index contributed by atoms with van der Waals surface area (Å²) in [6.45, 7) is 8.69. The minimum absolute atomic E-state index is 0.466. The van der Waals surface area contributed by atoms with Crippen LogP contribution >= 0.6 is 0 Å². The van der Waals surface area contributed by atoms with Gasteiger partial charge in [-0.15, -0.1) is 0 Å². The Labute approximate surface area is 160 Å². The molecule has 1 fully saturated rings. The summed E-state index contributed by atoms with van der Waals surface area (Å²) in [5, 5.41) is 4.67. The highest BCUT2D eigenvalue weighted by Crippen LogP contribution is 2.27. The van der Waals surface area contributed by atoms with Crippen LogP contribution in [0.15, 0.2) is 49.1 Å². The zero-order valence-electron chi connectivity index (χ0n) is 16.1. The lowest BCUT2D eigenvalue weighted by molar-refractivity contribution is 0.277. The van der Waals surface area contributed by atoms with Gasteiger partial charge in [0.1, 0.15) is 12.4 Å². The average Bonchev–Trinajstić information content (AvgIpc) is 3.38. The average molecular weight is 365 g/mol. The van der Waals surface area contributed by atoms with Crippen molar-refractivity contribution in [1.29, 1.82) is 0 Å². The minimum atomic E-state index is 0.466. The van der Waals surface area contributed by atoms with Crippen molar-refractivity contribution in [3.05, 3.63) is 66.0 Å². The van der Waals surface area contributed by atoms with E-state index < -0.39 is 0 Å². The third-order valence-corrected chi connectivity index (χ3v) is 5.17. The van der Waals surface area contributed by atoms with Crippen LogP contribution in [0, 0.1) is 13.8 Å². The second-order valence-corrected chi connectivity index (χ2v) is 7.31. The van der Waals surface area contributed by atoms with Crippen molar-refractivity contribution in [2.24, 2.45) is 0 Å². The molecule has 1 aromatic carbocycles. The first-order valence-electron chi connectivity index (χ1n) is 9.60. The molecule has 4 rings (SSSR count). The first-order valence-corrected chi connectivity index (χ1v) is 9.60. The molecule has 142 valence electrons. The van der Waals surface area contributed by atoms with E-state index in [-0.39, 0.29) is 0 Å². The van der Waals surface area contributed by atoms with E-state index in [4.69, 9.17) is 4.74 Å². The molecular weight excluding hydrogens is 338 g/mol. The van der Waals surface area contributed by atoms with Crippen molar-refractivity contribution in [3.63, 3.8) is 0 Å². The summed E-state index contributed by atoms with van der Waals surface area (Å²) < 4.78 is 10.3. The van der Waals surface area contributed by atoms with Gasteiger partial charge in [0, 0.05) is 43.3 Å². The number of hydrogen-bond acceptors (Lipinski definition) is 4. The van der Waals surface area contributed by atoms with Gasteiger partial charge >= 0.3 is 0 Å².